The highest BCUT2D eigenvalue weighted by Gasteiger charge is 2.31. The molecule has 3 rings (SSSR count). The number of hydrogen-bond acceptors (Lipinski definition) is 4. The maximum atomic E-state index is 13.0. The first-order valence-electron chi connectivity index (χ1n) is 8.07. The Morgan fingerprint density at radius 1 is 1.19 bits per heavy atom. The summed E-state index contributed by atoms with van der Waals surface area (Å²) in [5.41, 5.74) is -0.502. The molecule has 9 heteroatoms. The predicted molar refractivity (Wildman–Crippen MR) is 91.2 cm³/mol. The smallest absolute Gasteiger partial charge is 0.328 e. The van der Waals surface area contributed by atoms with E-state index in [0.29, 0.717) is 12.2 Å². The molecule has 0 unspecified atom stereocenters. The van der Waals surface area contributed by atoms with Gasteiger partial charge in [0.25, 0.3) is 5.56 Å². The Balaban J connectivity index is 1.55. The lowest BCUT2D eigenvalue weighted by Crippen LogP contribution is -2.38. The molecule has 136 valence electrons. The van der Waals surface area contributed by atoms with Gasteiger partial charge in [0.1, 0.15) is 5.82 Å². The van der Waals surface area contributed by atoms with E-state index in [2.05, 4.69) is 10.3 Å². The molecule has 2 heterocycles. The third-order valence-corrected chi connectivity index (χ3v) is 4.11. The number of amides is 2. The molecule has 2 amide bonds. The van der Waals surface area contributed by atoms with Crippen LogP contribution in [0.25, 0.3) is 0 Å². The number of H-pyrrole nitrogens is 1. The van der Waals surface area contributed by atoms with Gasteiger partial charge in [0, 0.05) is 43.9 Å². The normalized spacial score (nSPS) is 16.7. The van der Waals surface area contributed by atoms with Crippen LogP contribution in [0.5, 0.6) is 0 Å². The second kappa shape index (κ2) is 7.34. The van der Waals surface area contributed by atoms with Crippen LogP contribution < -0.4 is 21.5 Å². The number of anilines is 1. The van der Waals surface area contributed by atoms with Crippen molar-refractivity contribution in [3.63, 3.8) is 0 Å². The standard InChI is InChI=1S/C17H17FN4O4/c18-11-1-3-13(4-2-11)22-10-12(9-16(22)25)19-14(23)5-7-21-8-6-15(24)20-17(21)26/h1-4,6,8,12H,5,7,9-10H2,(H,19,23)(H,20,24,26)/t12-/m1/s1. The SMILES string of the molecule is O=C(CCn1ccc(=O)[nH]c1=O)N[C@@H]1CC(=O)N(c2ccc(F)cc2)C1. The highest BCUT2D eigenvalue weighted by atomic mass is 19.1. The molecule has 1 atom stereocenters. The minimum atomic E-state index is -0.580. The largest absolute Gasteiger partial charge is 0.351 e. The topological polar surface area (TPSA) is 104 Å². The maximum absolute atomic E-state index is 13.0. The summed E-state index contributed by atoms with van der Waals surface area (Å²) in [4.78, 5) is 50.3. The minimum Gasteiger partial charge on any atom is -0.351 e. The summed E-state index contributed by atoms with van der Waals surface area (Å²) in [5, 5.41) is 2.76. The molecule has 1 saturated heterocycles. The van der Waals surface area contributed by atoms with E-state index in [9.17, 15) is 23.6 Å². The zero-order valence-corrected chi connectivity index (χ0v) is 13.8. The lowest BCUT2D eigenvalue weighted by molar-refractivity contribution is -0.122. The zero-order valence-electron chi connectivity index (χ0n) is 13.8. The van der Waals surface area contributed by atoms with Crippen molar-refractivity contribution in [1.29, 1.82) is 0 Å². The third-order valence-electron chi connectivity index (χ3n) is 4.11. The number of aromatic amines is 1. The number of nitrogens with one attached hydrogen (secondary N) is 2. The molecule has 1 fully saturated rings. The predicted octanol–water partition coefficient (Wildman–Crippen LogP) is -0.0125. The van der Waals surface area contributed by atoms with Crippen LogP contribution >= 0.6 is 0 Å². The van der Waals surface area contributed by atoms with Crippen LogP contribution in [0.2, 0.25) is 0 Å². The van der Waals surface area contributed by atoms with Crippen molar-refractivity contribution < 1.29 is 14.0 Å². The van der Waals surface area contributed by atoms with E-state index in [1.165, 1.54) is 46.0 Å². The van der Waals surface area contributed by atoms with Gasteiger partial charge in [-0.05, 0) is 24.3 Å². The first-order valence-corrected chi connectivity index (χ1v) is 8.07. The van der Waals surface area contributed by atoms with E-state index < -0.39 is 11.2 Å². The van der Waals surface area contributed by atoms with E-state index in [1.54, 1.807) is 0 Å². The first kappa shape index (κ1) is 17.6. The molecule has 0 aliphatic carbocycles. The first-order chi connectivity index (χ1) is 12.4. The number of aryl methyl sites for hydroxylation is 1. The average molecular weight is 360 g/mol. The number of aromatic nitrogens is 2. The fourth-order valence-electron chi connectivity index (χ4n) is 2.82. The Bertz CT molecular complexity index is 935. The molecule has 2 N–H and O–H groups in total. The molecule has 26 heavy (non-hydrogen) atoms. The Labute approximate surface area is 147 Å². The fourth-order valence-corrected chi connectivity index (χ4v) is 2.82. The molecule has 8 nitrogen and oxygen atoms in total. The Kier molecular flexibility index (Phi) is 4.97. The number of rotatable bonds is 5. The van der Waals surface area contributed by atoms with Gasteiger partial charge in [-0.1, -0.05) is 0 Å². The summed E-state index contributed by atoms with van der Waals surface area (Å²) >= 11 is 0. The molecule has 0 saturated carbocycles. The number of hydrogen-bond donors (Lipinski definition) is 2. The average Bonchev–Trinajstić information content (AvgIpc) is 2.95. The van der Waals surface area contributed by atoms with Crippen LogP contribution in [0, 0.1) is 5.82 Å². The minimum absolute atomic E-state index is 0.0349. The van der Waals surface area contributed by atoms with Crippen molar-refractivity contribution in [2.45, 2.75) is 25.4 Å². The van der Waals surface area contributed by atoms with Crippen LogP contribution in [-0.4, -0.2) is 34.0 Å². The summed E-state index contributed by atoms with van der Waals surface area (Å²) in [7, 11) is 0. The van der Waals surface area contributed by atoms with Gasteiger partial charge in [-0.15, -0.1) is 0 Å². The zero-order chi connectivity index (χ0) is 18.7. The summed E-state index contributed by atoms with van der Waals surface area (Å²) in [6, 6.07) is 6.43. The number of nitrogens with zero attached hydrogens (tertiary/aromatic N) is 2. The highest BCUT2D eigenvalue weighted by Crippen LogP contribution is 2.21. The van der Waals surface area contributed by atoms with Gasteiger partial charge >= 0.3 is 5.69 Å². The Morgan fingerprint density at radius 2 is 1.92 bits per heavy atom. The van der Waals surface area contributed by atoms with Gasteiger partial charge in [0.15, 0.2) is 0 Å². The van der Waals surface area contributed by atoms with Crippen molar-refractivity contribution in [3.05, 3.63) is 63.2 Å². The van der Waals surface area contributed by atoms with Gasteiger partial charge in [0.2, 0.25) is 11.8 Å². The maximum Gasteiger partial charge on any atom is 0.328 e. The molecule has 0 spiro atoms. The fraction of sp³-hybridized carbons (Fsp3) is 0.294. The highest BCUT2D eigenvalue weighted by molar-refractivity contribution is 5.96. The number of carbonyl (C=O) groups is 2. The second-order valence-electron chi connectivity index (χ2n) is 6.00. The Hall–Kier alpha value is -3.23. The molecular weight excluding hydrogens is 343 g/mol. The summed E-state index contributed by atoms with van der Waals surface area (Å²) in [5.74, 6) is -0.844. The van der Waals surface area contributed by atoms with Crippen molar-refractivity contribution in [1.82, 2.24) is 14.9 Å². The third kappa shape index (κ3) is 4.05. The van der Waals surface area contributed by atoms with Crippen molar-refractivity contribution >= 4 is 17.5 Å². The van der Waals surface area contributed by atoms with Crippen LogP contribution in [0.4, 0.5) is 10.1 Å². The molecule has 0 bridgehead atoms. The van der Waals surface area contributed by atoms with Crippen LogP contribution in [-0.2, 0) is 16.1 Å². The van der Waals surface area contributed by atoms with E-state index in [4.69, 9.17) is 0 Å². The van der Waals surface area contributed by atoms with Gasteiger partial charge in [-0.2, -0.15) is 0 Å². The van der Waals surface area contributed by atoms with Crippen LogP contribution in [0.1, 0.15) is 12.8 Å². The molecule has 0 radical (unpaired) electrons. The van der Waals surface area contributed by atoms with Gasteiger partial charge in [0.05, 0.1) is 6.04 Å². The lowest BCUT2D eigenvalue weighted by Gasteiger charge is -2.17. The Morgan fingerprint density at radius 3 is 2.62 bits per heavy atom. The molecule has 1 aromatic carbocycles. The summed E-state index contributed by atoms with van der Waals surface area (Å²) in [6.45, 7) is 0.415. The van der Waals surface area contributed by atoms with Crippen molar-refractivity contribution in [2.75, 3.05) is 11.4 Å². The van der Waals surface area contributed by atoms with E-state index >= 15 is 0 Å². The molecule has 2 aromatic rings. The van der Waals surface area contributed by atoms with Crippen LogP contribution in [0.3, 0.4) is 0 Å². The van der Waals surface area contributed by atoms with Crippen molar-refractivity contribution in [2.24, 2.45) is 0 Å². The molecule has 1 aliphatic heterocycles. The summed E-state index contributed by atoms with van der Waals surface area (Å²) in [6.07, 6.45) is 1.51. The van der Waals surface area contributed by atoms with Gasteiger partial charge < -0.3 is 14.8 Å². The van der Waals surface area contributed by atoms with E-state index in [0.717, 1.165) is 0 Å². The monoisotopic (exact) mass is 360 g/mol. The lowest BCUT2D eigenvalue weighted by atomic mass is 10.2. The van der Waals surface area contributed by atoms with Gasteiger partial charge in [-0.25, -0.2) is 9.18 Å². The number of halogens is 1. The quantitative estimate of drug-likeness (QED) is 0.782. The second-order valence-corrected chi connectivity index (χ2v) is 6.00. The summed E-state index contributed by atoms with van der Waals surface area (Å²) < 4.78 is 14.2. The van der Waals surface area contributed by atoms with Crippen LogP contribution in [0.15, 0.2) is 46.1 Å². The van der Waals surface area contributed by atoms with Gasteiger partial charge in [-0.3, -0.25) is 19.4 Å². The molecule has 1 aliphatic rings. The number of benzene rings is 1. The van der Waals surface area contributed by atoms with E-state index in [-0.39, 0.29) is 43.1 Å². The molecule has 1 aromatic heterocycles. The molecular formula is C17H17FN4O4. The number of carbonyl (C=O) groups excluding carboxylic acids is 2. The van der Waals surface area contributed by atoms with Crippen molar-refractivity contribution in [3.8, 4) is 0 Å². The van der Waals surface area contributed by atoms with E-state index in [1.807, 2.05) is 0 Å².